The first kappa shape index (κ1) is 10.8. The number of hydrogen-bond acceptors (Lipinski definition) is 5. The van der Waals surface area contributed by atoms with Gasteiger partial charge in [-0.15, -0.1) is 0 Å². The lowest BCUT2D eigenvalue weighted by atomic mass is 10.0. The molecule has 15 heavy (non-hydrogen) atoms. The highest BCUT2D eigenvalue weighted by atomic mass is 32.2. The van der Waals surface area contributed by atoms with Crippen LogP contribution < -0.4 is 4.13 Å². The first-order valence-electron chi connectivity index (χ1n) is 4.50. The molecule has 4 nitrogen and oxygen atoms in total. The summed E-state index contributed by atoms with van der Waals surface area (Å²) in [5.41, 5.74) is 1.34. The summed E-state index contributed by atoms with van der Waals surface area (Å²) in [6, 6.07) is 6.86. The van der Waals surface area contributed by atoms with E-state index < -0.39 is 0 Å². The second kappa shape index (κ2) is 4.87. The minimum atomic E-state index is -0.365. The van der Waals surface area contributed by atoms with Crippen molar-refractivity contribution in [3.63, 3.8) is 0 Å². The van der Waals surface area contributed by atoms with Crippen LogP contribution in [0.15, 0.2) is 24.3 Å². The number of benzene rings is 1. The quantitative estimate of drug-likeness (QED) is 0.491. The van der Waals surface area contributed by atoms with Gasteiger partial charge in [0.05, 0.1) is 4.92 Å². The van der Waals surface area contributed by atoms with Crippen molar-refractivity contribution >= 4 is 29.6 Å². The van der Waals surface area contributed by atoms with Crippen molar-refractivity contribution in [2.75, 3.05) is 11.5 Å². The van der Waals surface area contributed by atoms with Gasteiger partial charge in [0.2, 0.25) is 0 Å². The molecule has 0 aliphatic carbocycles. The van der Waals surface area contributed by atoms with Crippen molar-refractivity contribution in [2.24, 2.45) is 0 Å². The van der Waals surface area contributed by atoms with Crippen molar-refractivity contribution in [3.05, 3.63) is 39.9 Å². The van der Waals surface area contributed by atoms with E-state index in [0.29, 0.717) is 5.92 Å². The lowest BCUT2D eigenvalue weighted by molar-refractivity contribution is -0.384. The van der Waals surface area contributed by atoms with Crippen molar-refractivity contribution < 1.29 is 4.92 Å². The Hall–Kier alpha value is -0.720. The Morgan fingerprint density at radius 3 is 2.40 bits per heavy atom. The second-order valence-electron chi connectivity index (χ2n) is 3.25. The molecular weight excluding hydrogens is 232 g/mol. The Labute approximate surface area is 96.2 Å². The Bertz CT molecular complexity index is 350. The van der Waals surface area contributed by atoms with E-state index in [1.54, 1.807) is 36.0 Å². The molecule has 0 spiro atoms. The van der Waals surface area contributed by atoms with Gasteiger partial charge in [-0.25, -0.2) is 4.13 Å². The molecule has 1 saturated heterocycles. The Balaban J connectivity index is 2.11. The van der Waals surface area contributed by atoms with Crippen LogP contribution in [0.1, 0.15) is 11.5 Å². The van der Waals surface area contributed by atoms with Crippen molar-refractivity contribution in [2.45, 2.75) is 5.92 Å². The van der Waals surface area contributed by atoms with Gasteiger partial charge >= 0.3 is 0 Å². The largest absolute Gasteiger partial charge is 0.269 e. The monoisotopic (exact) mass is 242 g/mol. The maximum atomic E-state index is 10.5. The van der Waals surface area contributed by atoms with Crippen LogP contribution in [0, 0.1) is 10.1 Å². The predicted octanol–water partition coefficient (Wildman–Crippen LogP) is 2.58. The third kappa shape index (κ3) is 2.64. The highest BCUT2D eigenvalue weighted by Crippen LogP contribution is 2.29. The standard InChI is InChI=1S/C9H10N2O2S2/c12-11(13)9-3-1-7(2-4-9)8-5-14-10-15-6-8/h1-4,8,10H,5-6H2. The van der Waals surface area contributed by atoms with E-state index in [1.807, 2.05) is 12.1 Å². The Morgan fingerprint density at radius 1 is 1.27 bits per heavy atom. The van der Waals surface area contributed by atoms with Gasteiger partial charge in [-0.2, -0.15) is 0 Å². The fourth-order valence-corrected chi connectivity index (χ4v) is 3.47. The molecule has 1 aliphatic rings. The van der Waals surface area contributed by atoms with Crippen LogP contribution in [0.5, 0.6) is 0 Å². The molecule has 1 fully saturated rings. The number of non-ortho nitro benzene ring substituents is 1. The molecule has 0 radical (unpaired) electrons. The fourth-order valence-electron chi connectivity index (χ4n) is 1.42. The second-order valence-corrected chi connectivity index (χ2v) is 5.16. The summed E-state index contributed by atoms with van der Waals surface area (Å²) < 4.78 is 3.14. The number of hydrogen-bond donors (Lipinski definition) is 1. The number of nitro groups is 1. The molecule has 1 heterocycles. The molecule has 2 rings (SSSR count). The molecule has 0 aromatic heterocycles. The van der Waals surface area contributed by atoms with E-state index >= 15 is 0 Å². The van der Waals surface area contributed by atoms with Gasteiger partial charge < -0.3 is 0 Å². The third-order valence-corrected chi connectivity index (χ3v) is 4.34. The lowest BCUT2D eigenvalue weighted by Gasteiger charge is -2.21. The topological polar surface area (TPSA) is 55.2 Å². The number of rotatable bonds is 2. The zero-order valence-corrected chi connectivity index (χ0v) is 9.51. The average Bonchev–Trinajstić information content (AvgIpc) is 2.30. The lowest BCUT2D eigenvalue weighted by Crippen LogP contribution is -2.14. The molecule has 1 N–H and O–H groups in total. The van der Waals surface area contributed by atoms with Gasteiger partial charge in [0.1, 0.15) is 0 Å². The van der Waals surface area contributed by atoms with Crippen molar-refractivity contribution in [3.8, 4) is 0 Å². The van der Waals surface area contributed by atoms with E-state index in [0.717, 1.165) is 11.5 Å². The highest BCUT2D eigenvalue weighted by molar-refractivity contribution is 8.13. The van der Waals surface area contributed by atoms with Crippen LogP contribution in [0.4, 0.5) is 5.69 Å². The maximum absolute atomic E-state index is 10.5. The Kier molecular flexibility index (Phi) is 3.50. The van der Waals surface area contributed by atoms with Gasteiger partial charge in [0.25, 0.3) is 5.69 Å². The van der Waals surface area contributed by atoms with Gasteiger partial charge in [-0.05, 0) is 5.56 Å². The van der Waals surface area contributed by atoms with Crippen LogP contribution in [-0.4, -0.2) is 16.4 Å². The molecule has 1 aromatic rings. The van der Waals surface area contributed by atoms with Gasteiger partial charge in [-0.3, -0.25) is 10.1 Å². The zero-order valence-electron chi connectivity index (χ0n) is 7.88. The van der Waals surface area contributed by atoms with Gasteiger partial charge in [0, 0.05) is 29.6 Å². The normalized spacial score (nSPS) is 17.6. The van der Waals surface area contributed by atoms with E-state index in [2.05, 4.69) is 4.13 Å². The summed E-state index contributed by atoms with van der Waals surface area (Å²) in [6.07, 6.45) is 0. The fraction of sp³-hybridized carbons (Fsp3) is 0.333. The molecule has 0 amide bonds. The minimum Gasteiger partial charge on any atom is -0.258 e. The summed E-state index contributed by atoms with van der Waals surface area (Å²) in [5, 5.41) is 10.5. The average molecular weight is 242 g/mol. The smallest absolute Gasteiger partial charge is 0.258 e. The van der Waals surface area contributed by atoms with Crippen molar-refractivity contribution in [1.82, 2.24) is 4.13 Å². The van der Waals surface area contributed by atoms with Crippen LogP contribution in [0.3, 0.4) is 0 Å². The minimum absolute atomic E-state index is 0.160. The molecule has 0 saturated carbocycles. The summed E-state index contributed by atoms with van der Waals surface area (Å²) in [5.74, 6) is 2.53. The predicted molar refractivity (Wildman–Crippen MR) is 63.9 cm³/mol. The van der Waals surface area contributed by atoms with E-state index in [1.165, 1.54) is 5.56 Å². The van der Waals surface area contributed by atoms with E-state index in [9.17, 15) is 10.1 Å². The third-order valence-electron chi connectivity index (χ3n) is 2.26. The summed E-state index contributed by atoms with van der Waals surface area (Å²) in [7, 11) is 0. The number of nitrogens with zero attached hydrogens (tertiary/aromatic N) is 1. The zero-order chi connectivity index (χ0) is 10.7. The molecule has 6 heteroatoms. The van der Waals surface area contributed by atoms with Gasteiger partial charge in [-0.1, -0.05) is 36.0 Å². The van der Waals surface area contributed by atoms with Crippen LogP contribution in [0.25, 0.3) is 0 Å². The number of nitrogens with one attached hydrogen (secondary N) is 1. The molecule has 0 atom stereocenters. The highest BCUT2D eigenvalue weighted by Gasteiger charge is 2.17. The number of nitro benzene ring substituents is 1. The summed E-state index contributed by atoms with van der Waals surface area (Å²) >= 11 is 3.37. The molecule has 80 valence electrons. The maximum Gasteiger partial charge on any atom is 0.269 e. The molecular formula is C9H10N2O2S2. The molecule has 0 bridgehead atoms. The van der Waals surface area contributed by atoms with E-state index in [4.69, 9.17) is 0 Å². The van der Waals surface area contributed by atoms with Crippen LogP contribution >= 0.6 is 23.9 Å². The van der Waals surface area contributed by atoms with Crippen LogP contribution in [0.2, 0.25) is 0 Å². The van der Waals surface area contributed by atoms with Gasteiger partial charge in [0.15, 0.2) is 0 Å². The first-order valence-corrected chi connectivity index (χ1v) is 6.47. The summed E-state index contributed by atoms with van der Waals surface area (Å²) in [6.45, 7) is 0. The first-order chi connectivity index (χ1) is 7.27. The molecule has 1 aromatic carbocycles. The van der Waals surface area contributed by atoms with Crippen molar-refractivity contribution in [1.29, 1.82) is 0 Å². The van der Waals surface area contributed by atoms with E-state index in [-0.39, 0.29) is 10.6 Å². The molecule has 0 unspecified atom stereocenters. The SMILES string of the molecule is O=[N+]([O-])c1ccc(C2CSNSC2)cc1. The summed E-state index contributed by atoms with van der Waals surface area (Å²) in [4.78, 5) is 10.1. The van der Waals surface area contributed by atoms with Crippen LogP contribution in [-0.2, 0) is 0 Å². The molecule has 1 aliphatic heterocycles. The Morgan fingerprint density at radius 2 is 1.87 bits per heavy atom.